The van der Waals surface area contributed by atoms with Crippen LogP contribution in [0.1, 0.15) is 60.8 Å². The van der Waals surface area contributed by atoms with Crippen LogP contribution < -0.4 is 0 Å². The van der Waals surface area contributed by atoms with E-state index in [1.807, 2.05) is 18.3 Å². The maximum absolute atomic E-state index is 9.85. The Hall–Kier alpha value is -0.730. The minimum atomic E-state index is -2.35. The van der Waals surface area contributed by atoms with E-state index >= 15 is 0 Å². The van der Waals surface area contributed by atoms with Crippen molar-refractivity contribution in [2.24, 2.45) is 5.41 Å². The molecule has 3 heterocycles. The molecule has 1 spiro atoms. The number of rotatable bonds is 3. The maximum Gasteiger partial charge on any atom is 0.127 e. The fraction of sp³-hybridized carbons (Fsp3) is 0.700. The van der Waals surface area contributed by atoms with Crippen LogP contribution in [0, 0.1) is 12.3 Å². The summed E-state index contributed by atoms with van der Waals surface area (Å²) >= 11 is 1.87. The lowest BCUT2D eigenvalue weighted by atomic mass is 9.79. The molecule has 2 aromatic rings. The van der Waals surface area contributed by atoms with Crippen LogP contribution in [-0.2, 0) is 6.54 Å². The number of thiophene rings is 1. The average Bonchev–Trinajstić information content (AvgIpc) is 3.23. The zero-order valence-corrected chi connectivity index (χ0v) is 17.6. The van der Waals surface area contributed by atoms with Gasteiger partial charge in [0.25, 0.3) is 0 Å². The lowest BCUT2D eigenvalue weighted by molar-refractivity contribution is 0.276. The molecular formula is C20H29N3O2S2. The van der Waals surface area contributed by atoms with Gasteiger partial charge in [0.15, 0.2) is 0 Å². The molecule has 0 bridgehead atoms. The summed E-state index contributed by atoms with van der Waals surface area (Å²) in [6.07, 6.45) is 8.40. The van der Waals surface area contributed by atoms with Crippen molar-refractivity contribution in [3.63, 3.8) is 0 Å². The third-order valence-corrected chi connectivity index (χ3v) is 9.71. The van der Waals surface area contributed by atoms with E-state index in [4.69, 9.17) is 9.97 Å². The van der Waals surface area contributed by atoms with Gasteiger partial charge in [-0.3, -0.25) is 14.0 Å². The molecule has 7 heteroatoms. The molecule has 1 aliphatic heterocycles. The molecule has 27 heavy (non-hydrogen) atoms. The molecule has 3 fully saturated rings. The molecule has 2 aliphatic carbocycles. The third kappa shape index (κ3) is 3.77. The van der Waals surface area contributed by atoms with E-state index in [1.165, 1.54) is 48.8 Å². The molecule has 3 aliphatic rings. The number of hydrogen-bond donors (Lipinski definition) is 2. The highest BCUT2D eigenvalue weighted by Gasteiger charge is 2.45. The van der Waals surface area contributed by atoms with Crippen molar-refractivity contribution in [3.8, 4) is 0 Å². The molecule has 2 saturated carbocycles. The Morgan fingerprint density at radius 3 is 2.52 bits per heavy atom. The minimum Gasteiger partial charge on any atom is -0.299 e. The number of hydrogen-bond acceptors (Lipinski definition) is 6. The summed E-state index contributed by atoms with van der Waals surface area (Å²) in [5.74, 6) is 2.51. The van der Waals surface area contributed by atoms with E-state index in [1.54, 1.807) is 0 Å². The van der Waals surface area contributed by atoms with Crippen molar-refractivity contribution in [1.82, 2.24) is 14.9 Å². The summed E-state index contributed by atoms with van der Waals surface area (Å²) in [5, 5.41) is 1.21. The second-order valence-corrected chi connectivity index (χ2v) is 12.3. The van der Waals surface area contributed by atoms with Crippen LogP contribution in [0.15, 0.2) is 6.07 Å². The van der Waals surface area contributed by atoms with Crippen molar-refractivity contribution in [2.45, 2.75) is 57.9 Å². The molecular weight excluding hydrogens is 378 g/mol. The van der Waals surface area contributed by atoms with Crippen LogP contribution in [-0.4, -0.2) is 48.6 Å². The van der Waals surface area contributed by atoms with Gasteiger partial charge in [-0.1, -0.05) is 0 Å². The fourth-order valence-electron chi connectivity index (χ4n) is 4.76. The van der Waals surface area contributed by atoms with Gasteiger partial charge in [0.05, 0.1) is 17.2 Å². The Bertz CT molecular complexity index is 842. The predicted molar refractivity (Wildman–Crippen MR) is 113 cm³/mol. The first-order valence-corrected chi connectivity index (χ1v) is 12.8. The van der Waals surface area contributed by atoms with Crippen LogP contribution in [0.5, 0.6) is 0 Å². The highest BCUT2D eigenvalue weighted by atomic mass is 32.3. The Morgan fingerprint density at radius 1 is 1.15 bits per heavy atom. The van der Waals surface area contributed by atoms with Crippen molar-refractivity contribution in [3.05, 3.63) is 22.5 Å². The van der Waals surface area contributed by atoms with Gasteiger partial charge in [-0.25, -0.2) is 9.97 Å². The summed E-state index contributed by atoms with van der Waals surface area (Å²) in [5.41, 5.74) is 1.84. The third-order valence-electron chi connectivity index (χ3n) is 6.85. The fourth-order valence-corrected chi connectivity index (χ4v) is 7.34. The second kappa shape index (κ2) is 6.66. The summed E-state index contributed by atoms with van der Waals surface area (Å²) in [7, 11) is -2.35. The van der Waals surface area contributed by atoms with Crippen molar-refractivity contribution >= 4 is 32.1 Å². The van der Waals surface area contributed by atoms with Gasteiger partial charge in [0.1, 0.15) is 10.7 Å². The summed E-state index contributed by atoms with van der Waals surface area (Å²) < 4.78 is 19.7. The zero-order valence-electron chi connectivity index (χ0n) is 16.0. The van der Waals surface area contributed by atoms with Crippen LogP contribution in [0.3, 0.4) is 0 Å². The smallest absolute Gasteiger partial charge is 0.127 e. The molecule has 0 aromatic carbocycles. The predicted octanol–water partition coefficient (Wildman–Crippen LogP) is 5.00. The minimum absolute atomic E-state index is 0.485. The van der Waals surface area contributed by atoms with E-state index in [9.17, 15) is 9.11 Å². The number of fused-ring (bicyclic) bond motifs is 1. The molecule has 0 atom stereocenters. The second-order valence-electron chi connectivity index (χ2n) is 8.85. The first kappa shape index (κ1) is 18.3. The lowest BCUT2D eigenvalue weighted by Gasteiger charge is -2.40. The van der Waals surface area contributed by atoms with Crippen LogP contribution in [0.2, 0.25) is 0 Å². The van der Waals surface area contributed by atoms with Gasteiger partial charge in [0.2, 0.25) is 0 Å². The van der Waals surface area contributed by atoms with Gasteiger partial charge in [-0.05, 0) is 62.8 Å². The highest BCUT2D eigenvalue weighted by Crippen LogP contribution is 2.59. The van der Waals surface area contributed by atoms with E-state index in [2.05, 4.69) is 11.0 Å². The average molecular weight is 408 g/mol. The Morgan fingerprint density at radius 2 is 1.85 bits per heavy atom. The van der Waals surface area contributed by atoms with Gasteiger partial charge in [0, 0.05) is 29.9 Å². The van der Waals surface area contributed by atoms with Crippen LogP contribution in [0.25, 0.3) is 10.2 Å². The van der Waals surface area contributed by atoms with Gasteiger partial charge in [-0.15, -0.1) is 11.3 Å². The number of aromatic nitrogens is 2. The molecule has 2 aromatic heterocycles. The van der Waals surface area contributed by atoms with Gasteiger partial charge < -0.3 is 0 Å². The van der Waals surface area contributed by atoms with E-state index in [0.717, 1.165) is 41.4 Å². The zero-order chi connectivity index (χ0) is 18.6. The largest absolute Gasteiger partial charge is 0.299 e. The standard InChI is InChI=1S/C20H29N3O2S2/c1-14-21-17(13-23-8-10-27(24,25)11-9-23)16-12-18(26-19(16)22-14)15-2-4-20(5-3-15)6-7-20/h12,15,24-25H,2-11,13H2,1H3. The molecule has 0 radical (unpaired) electrons. The Labute approximate surface area is 166 Å². The normalized spacial score (nSPS) is 26.5. The molecule has 148 valence electrons. The van der Waals surface area contributed by atoms with E-state index in [0.29, 0.717) is 17.4 Å². The van der Waals surface area contributed by atoms with Crippen LogP contribution >= 0.6 is 21.9 Å². The SMILES string of the molecule is Cc1nc(CN2CCS(O)(O)CC2)c2cc(C3CCC4(CC3)CC4)sc2n1. The number of nitrogens with zero attached hydrogens (tertiary/aromatic N) is 3. The lowest BCUT2D eigenvalue weighted by Crippen LogP contribution is -2.38. The summed E-state index contributed by atoms with van der Waals surface area (Å²) in [6, 6.07) is 2.36. The molecule has 0 amide bonds. The Balaban J connectivity index is 1.37. The molecule has 5 nitrogen and oxygen atoms in total. The highest BCUT2D eigenvalue weighted by molar-refractivity contribution is 8.24. The van der Waals surface area contributed by atoms with Crippen molar-refractivity contribution < 1.29 is 9.11 Å². The molecule has 1 saturated heterocycles. The quantitative estimate of drug-likeness (QED) is 0.749. The monoisotopic (exact) mass is 407 g/mol. The first-order valence-electron chi connectivity index (χ1n) is 10.1. The topological polar surface area (TPSA) is 69.5 Å². The summed E-state index contributed by atoms with van der Waals surface area (Å²) in [6.45, 7) is 4.22. The van der Waals surface area contributed by atoms with Gasteiger partial charge in [-0.2, -0.15) is 10.6 Å². The maximum atomic E-state index is 9.85. The molecule has 2 N–H and O–H groups in total. The summed E-state index contributed by atoms with van der Waals surface area (Å²) in [4.78, 5) is 14.4. The van der Waals surface area contributed by atoms with Gasteiger partial charge >= 0.3 is 0 Å². The molecule has 0 unspecified atom stereocenters. The van der Waals surface area contributed by atoms with E-state index in [-0.39, 0.29) is 0 Å². The number of aryl methyl sites for hydroxylation is 1. The Kier molecular flexibility index (Phi) is 4.52. The van der Waals surface area contributed by atoms with Crippen molar-refractivity contribution in [2.75, 3.05) is 24.6 Å². The van der Waals surface area contributed by atoms with Crippen LogP contribution in [0.4, 0.5) is 0 Å². The molecule has 5 rings (SSSR count). The van der Waals surface area contributed by atoms with E-state index < -0.39 is 10.6 Å². The first-order chi connectivity index (χ1) is 12.9. The van der Waals surface area contributed by atoms with Crippen molar-refractivity contribution in [1.29, 1.82) is 0 Å².